The Balaban J connectivity index is 1.56. The van der Waals surface area contributed by atoms with E-state index in [-0.39, 0.29) is 42.1 Å². The second-order valence-corrected chi connectivity index (χ2v) is 7.71. The predicted molar refractivity (Wildman–Crippen MR) is 112 cm³/mol. The zero-order valence-electron chi connectivity index (χ0n) is 17.0. The van der Waals surface area contributed by atoms with Crippen molar-refractivity contribution >= 4 is 23.4 Å². The van der Waals surface area contributed by atoms with E-state index in [1.807, 2.05) is 51.1 Å². The van der Waals surface area contributed by atoms with E-state index in [1.165, 1.54) is 0 Å². The van der Waals surface area contributed by atoms with Gasteiger partial charge >= 0.3 is 0 Å². The van der Waals surface area contributed by atoms with E-state index in [9.17, 15) is 14.4 Å². The van der Waals surface area contributed by atoms with Gasteiger partial charge in [-0.1, -0.05) is 30.3 Å². The van der Waals surface area contributed by atoms with Gasteiger partial charge in [-0.05, 0) is 50.6 Å². The van der Waals surface area contributed by atoms with Crippen molar-refractivity contribution in [3.8, 4) is 0 Å². The fourth-order valence-corrected chi connectivity index (χ4v) is 3.46. The number of rotatable bonds is 6. The number of hydrogen-bond donors (Lipinski definition) is 2. The summed E-state index contributed by atoms with van der Waals surface area (Å²) in [5, 5.41) is 5.82. The summed E-state index contributed by atoms with van der Waals surface area (Å²) < 4.78 is 0. The summed E-state index contributed by atoms with van der Waals surface area (Å²) in [4.78, 5) is 38.7. The molecule has 0 aromatic heterocycles. The monoisotopic (exact) mass is 393 g/mol. The van der Waals surface area contributed by atoms with Crippen LogP contribution in [0.5, 0.6) is 0 Å². The van der Waals surface area contributed by atoms with Gasteiger partial charge in [-0.15, -0.1) is 0 Å². The van der Waals surface area contributed by atoms with Gasteiger partial charge in [-0.25, -0.2) is 0 Å². The van der Waals surface area contributed by atoms with Gasteiger partial charge in [0.05, 0.1) is 12.0 Å². The van der Waals surface area contributed by atoms with Crippen molar-refractivity contribution in [2.75, 3.05) is 11.9 Å². The Morgan fingerprint density at radius 2 is 1.66 bits per heavy atom. The third-order valence-electron chi connectivity index (χ3n) is 5.21. The van der Waals surface area contributed by atoms with Crippen LogP contribution in [0.2, 0.25) is 0 Å². The Morgan fingerprint density at radius 1 is 1.00 bits per heavy atom. The number of carbonyl (C=O) groups excluding carboxylic acids is 3. The summed E-state index contributed by atoms with van der Waals surface area (Å²) in [6.07, 6.45) is 0.238. The van der Waals surface area contributed by atoms with Crippen LogP contribution in [0.15, 0.2) is 54.6 Å². The lowest BCUT2D eigenvalue weighted by atomic mass is 10.1. The number of nitrogens with zero attached hydrogens (tertiary/aromatic N) is 1. The van der Waals surface area contributed by atoms with Crippen LogP contribution in [-0.4, -0.2) is 35.2 Å². The van der Waals surface area contributed by atoms with E-state index < -0.39 is 0 Å². The minimum atomic E-state index is -0.348. The molecular weight excluding hydrogens is 366 g/mol. The highest BCUT2D eigenvalue weighted by atomic mass is 16.2. The first-order chi connectivity index (χ1) is 13.8. The van der Waals surface area contributed by atoms with Crippen LogP contribution in [0.3, 0.4) is 0 Å². The molecular formula is C23H27N3O3. The van der Waals surface area contributed by atoms with Gasteiger partial charge in [0.15, 0.2) is 0 Å². The first-order valence-corrected chi connectivity index (χ1v) is 9.91. The summed E-state index contributed by atoms with van der Waals surface area (Å²) >= 11 is 0. The second-order valence-electron chi connectivity index (χ2n) is 7.71. The zero-order valence-corrected chi connectivity index (χ0v) is 17.0. The van der Waals surface area contributed by atoms with Crippen molar-refractivity contribution in [3.63, 3.8) is 0 Å². The maximum absolute atomic E-state index is 12.5. The Hall–Kier alpha value is -3.15. The average Bonchev–Trinajstić information content (AvgIpc) is 3.11. The molecule has 0 saturated carbocycles. The number of amides is 3. The third-order valence-corrected chi connectivity index (χ3v) is 5.21. The lowest BCUT2D eigenvalue weighted by Gasteiger charge is -2.20. The van der Waals surface area contributed by atoms with Crippen molar-refractivity contribution in [1.29, 1.82) is 0 Å². The van der Waals surface area contributed by atoms with E-state index in [1.54, 1.807) is 29.2 Å². The van der Waals surface area contributed by atoms with Crippen molar-refractivity contribution in [2.45, 2.75) is 39.3 Å². The third kappa shape index (κ3) is 5.02. The summed E-state index contributed by atoms with van der Waals surface area (Å²) in [7, 11) is 0. The Bertz CT molecular complexity index is 878. The highest BCUT2D eigenvalue weighted by Crippen LogP contribution is 2.22. The lowest BCUT2D eigenvalue weighted by molar-refractivity contribution is -0.129. The van der Waals surface area contributed by atoms with Gasteiger partial charge in [0, 0.05) is 30.3 Å². The fourth-order valence-electron chi connectivity index (χ4n) is 3.46. The Labute approximate surface area is 171 Å². The molecule has 1 saturated heterocycles. The molecule has 2 N–H and O–H groups in total. The molecule has 0 aliphatic carbocycles. The maximum atomic E-state index is 12.5. The number of hydrogen-bond acceptors (Lipinski definition) is 3. The van der Waals surface area contributed by atoms with Crippen molar-refractivity contribution < 1.29 is 14.4 Å². The zero-order chi connectivity index (χ0) is 21.0. The summed E-state index contributed by atoms with van der Waals surface area (Å²) in [5.74, 6) is -0.677. The molecule has 2 aromatic carbocycles. The molecule has 3 amide bonds. The van der Waals surface area contributed by atoms with Gasteiger partial charge < -0.3 is 15.5 Å². The van der Waals surface area contributed by atoms with Gasteiger partial charge in [0.2, 0.25) is 11.8 Å². The standard InChI is InChI=1S/C23H27N3O3/c1-15(2)26-14-19(13-21(26)27)23(29)25-20-11-9-18(10-12-20)22(28)24-16(3)17-7-5-4-6-8-17/h4-12,15-16,19H,13-14H2,1-3H3,(H,24,28)(H,25,29). The molecule has 2 atom stereocenters. The van der Waals surface area contributed by atoms with Crippen LogP contribution in [0.25, 0.3) is 0 Å². The maximum Gasteiger partial charge on any atom is 0.251 e. The highest BCUT2D eigenvalue weighted by molar-refractivity contribution is 5.98. The molecule has 1 aliphatic heterocycles. The second kappa shape index (κ2) is 8.90. The molecule has 6 nitrogen and oxygen atoms in total. The van der Waals surface area contributed by atoms with E-state index in [4.69, 9.17) is 0 Å². The molecule has 0 bridgehead atoms. The molecule has 3 rings (SSSR count). The summed E-state index contributed by atoms with van der Waals surface area (Å²) in [6.45, 7) is 6.27. The van der Waals surface area contributed by atoms with E-state index in [0.717, 1.165) is 5.56 Å². The number of anilines is 1. The van der Waals surface area contributed by atoms with Crippen LogP contribution in [0.1, 0.15) is 49.2 Å². The molecule has 152 valence electrons. The van der Waals surface area contributed by atoms with Crippen molar-refractivity contribution in [1.82, 2.24) is 10.2 Å². The number of likely N-dealkylation sites (tertiary alicyclic amines) is 1. The van der Waals surface area contributed by atoms with Crippen LogP contribution in [0.4, 0.5) is 5.69 Å². The van der Waals surface area contributed by atoms with Crippen LogP contribution in [0, 0.1) is 5.92 Å². The van der Waals surface area contributed by atoms with Gasteiger partial charge in [-0.2, -0.15) is 0 Å². The largest absolute Gasteiger partial charge is 0.346 e. The molecule has 1 heterocycles. The normalized spacial score (nSPS) is 17.3. The average molecular weight is 393 g/mol. The van der Waals surface area contributed by atoms with E-state index in [0.29, 0.717) is 17.8 Å². The van der Waals surface area contributed by atoms with Crippen molar-refractivity contribution in [2.24, 2.45) is 5.92 Å². The van der Waals surface area contributed by atoms with Gasteiger partial charge in [0.25, 0.3) is 5.91 Å². The molecule has 0 radical (unpaired) electrons. The lowest BCUT2D eigenvalue weighted by Crippen LogP contribution is -2.33. The Morgan fingerprint density at radius 3 is 2.24 bits per heavy atom. The van der Waals surface area contributed by atoms with Gasteiger partial charge in [0.1, 0.15) is 0 Å². The number of carbonyl (C=O) groups is 3. The molecule has 6 heteroatoms. The quantitative estimate of drug-likeness (QED) is 0.790. The summed E-state index contributed by atoms with van der Waals surface area (Å²) in [5.41, 5.74) is 2.16. The SMILES string of the molecule is CC(NC(=O)c1ccc(NC(=O)C2CC(=O)N(C(C)C)C2)cc1)c1ccccc1. The molecule has 29 heavy (non-hydrogen) atoms. The number of nitrogens with one attached hydrogen (secondary N) is 2. The highest BCUT2D eigenvalue weighted by Gasteiger charge is 2.35. The van der Waals surface area contributed by atoms with E-state index in [2.05, 4.69) is 10.6 Å². The number of benzene rings is 2. The van der Waals surface area contributed by atoms with Crippen LogP contribution >= 0.6 is 0 Å². The molecule has 2 aromatic rings. The van der Waals surface area contributed by atoms with Gasteiger partial charge in [-0.3, -0.25) is 14.4 Å². The Kier molecular flexibility index (Phi) is 6.32. The molecule has 1 fully saturated rings. The first kappa shape index (κ1) is 20.6. The van der Waals surface area contributed by atoms with Crippen molar-refractivity contribution in [3.05, 3.63) is 65.7 Å². The minimum absolute atomic E-state index is 0.0136. The smallest absolute Gasteiger partial charge is 0.251 e. The topological polar surface area (TPSA) is 78.5 Å². The van der Waals surface area contributed by atoms with E-state index >= 15 is 0 Å². The molecule has 2 unspecified atom stereocenters. The molecule has 0 spiro atoms. The summed E-state index contributed by atoms with van der Waals surface area (Å²) in [6, 6.07) is 16.5. The first-order valence-electron chi connectivity index (χ1n) is 9.91. The van der Waals surface area contributed by atoms with Crippen LogP contribution in [-0.2, 0) is 9.59 Å². The minimum Gasteiger partial charge on any atom is -0.346 e. The fraction of sp³-hybridized carbons (Fsp3) is 0.348. The molecule has 1 aliphatic rings. The van der Waals surface area contributed by atoms with Crippen LogP contribution < -0.4 is 10.6 Å². The predicted octanol–water partition coefficient (Wildman–Crippen LogP) is 3.37.